The number of hydrogen-bond acceptors (Lipinski definition) is 3. The van der Waals surface area contributed by atoms with Crippen molar-refractivity contribution in [2.24, 2.45) is 5.73 Å². The van der Waals surface area contributed by atoms with Crippen LogP contribution < -0.4 is 5.73 Å². The Hall–Kier alpha value is 0.170. The molecule has 0 spiro atoms. The normalized spacial score (nSPS) is 11.1. The Morgan fingerprint density at radius 3 is 2.64 bits per heavy atom. The summed E-state index contributed by atoms with van der Waals surface area (Å²) in [6.45, 7) is 2.06. The molecule has 0 aliphatic carbocycles. The van der Waals surface area contributed by atoms with E-state index >= 15 is 0 Å². The largest absolute Gasteiger partial charge is 0.322 e. The van der Waals surface area contributed by atoms with E-state index in [0.717, 1.165) is 11.4 Å². The SMILES string of the molecule is CCC(N)c1nccs1.Cl.Cl. The van der Waals surface area contributed by atoms with Gasteiger partial charge in [-0.1, -0.05) is 6.92 Å². The molecule has 66 valence electrons. The predicted octanol–water partition coefficient (Wildman–Crippen LogP) is 2.40. The molecule has 1 rings (SSSR count). The van der Waals surface area contributed by atoms with Crippen molar-refractivity contribution >= 4 is 36.2 Å². The molecule has 0 aliphatic heterocycles. The molecule has 0 fully saturated rings. The molecule has 1 aromatic rings. The first kappa shape index (κ1) is 13.7. The first-order chi connectivity index (χ1) is 4.34. The first-order valence-electron chi connectivity index (χ1n) is 2.99. The van der Waals surface area contributed by atoms with Crippen molar-refractivity contribution < 1.29 is 0 Å². The highest BCUT2D eigenvalue weighted by molar-refractivity contribution is 7.09. The van der Waals surface area contributed by atoms with Crippen LogP contribution in [0, 0.1) is 0 Å². The first-order valence-corrected chi connectivity index (χ1v) is 3.87. The summed E-state index contributed by atoms with van der Waals surface area (Å²) < 4.78 is 0. The second-order valence-electron chi connectivity index (χ2n) is 1.89. The predicted molar refractivity (Wildman–Crippen MR) is 53.8 cm³/mol. The van der Waals surface area contributed by atoms with Crippen LogP contribution in [-0.4, -0.2) is 4.98 Å². The third-order valence-electron chi connectivity index (χ3n) is 1.21. The van der Waals surface area contributed by atoms with Gasteiger partial charge in [-0.25, -0.2) is 4.98 Å². The van der Waals surface area contributed by atoms with E-state index in [1.807, 2.05) is 5.38 Å². The third kappa shape index (κ3) is 3.91. The van der Waals surface area contributed by atoms with Gasteiger partial charge in [0.05, 0.1) is 6.04 Å². The lowest BCUT2D eigenvalue weighted by molar-refractivity contribution is 0.693. The molecule has 1 atom stereocenters. The zero-order valence-corrected chi connectivity index (χ0v) is 8.64. The highest BCUT2D eigenvalue weighted by Gasteiger charge is 2.03. The second-order valence-corrected chi connectivity index (χ2v) is 2.81. The molecular formula is C6H12Cl2N2S. The molecule has 0 radical (unpaired) electrons. The van der Waals surface area contributed by atoms with Gasteiger partial charge in [0.15, 0.2) is 0 Å². The summed E-state index contributed by atoms with van der Waals surface area (Å²) in [4.78, 5) is 4.08. The van der Waals surface area contributed by atoms with E-state index in [0.29, 0.717) is 0 Å². The fourth-order valence-corrected chi connectivity index (χ4v) is 1.32. The fraction of sp³-hybridized carbons (Fsp3) is 0.500. The standard InChI is InChI=1S/C6H10N2S.2ClH/c1-2-5(7)6-8-3-4-9-6;;/h3-5H,2,7H2,1H3;2*1H. The van der Waals surface area contributed by atoms with Crippen molar-refractivity contribution in [2.75, 3.05) is 0 Å². The third-order valence-corrected chi connectivity index (χ3v) is 2.12. The number of rotatable bonds is 2. The number of nitrogens with two attached hydrogens (primary N) is 1. The van der Waals surface area contributed by atoms with Gasteiger partial charge in [0.25, 0.3) is 0 Å². The number of halogens is 2. The van der Waals surface area contributed by atoms with Crippen molar-refractivity contribution in [3.63, 3.8) is 0 Å². The zero-order valence-electron chi connectivity index (χ0n) is 6.19. The number of nitrogens with zero attached hydrogens (tertiary/aromatic N) is 1. The average molecular weight is 215 g/mol. The Labute approximate surface area is 83.0 Å². The number of thiazole rings is 1. The molecule has 0 saturated carbocycles. The summed E-state index contributed by atoms with van der Waals surface area (Å²) in [6, 6.07) is 0.144. The van der Waals surface area contributed by atoms with Gasteiger partial charge < -0.3 is 5.73 Å². The van der Waals surface area contributed by atoms with Gasteiger partial charge >= 0.3 is 0 Å². The molecule has 1 unspecified atom stereocenters. The minimum Gasteiger partial charge on any atom is -0.322 e. The van der Waals surface area contributed by atoms with Crippen LogP contribution in [0.1, 0.15) is 24.4 Å². The van der Waals surface area contributed by atoms with Crippen LogP contribution >= 0.6 is 36.2 Å². The van der Waals surface area contributed by atoms with E-state index in [1.165, 1.54) is 0 Å². The van der Waals surface area contributed by atoms with Gasteiger partial charge in [0.2, 0.25) is 0 Å². The Morgan fingerprint density at radius 1 is 1.64 bits per heavy atom. The maximum Gasteiger partial charge on any atom is 0.109 e. The molecular weight excluding hydrogens is 203 g/mol. The van der Waals surface area contributed by atoms with E-state index < -0.39 is 0 Å². The Kier molecular flexibility index (Phi) is 8.56. The van der Waals surface area contributed by atoms with Crippen LogP contribution in [0.5, 0.6) is 0 Å². The van der Waals surface area contributed by atoms with Crippen molar-refractivity contribution in [1.82, 2.24) is 4.98 Å². The van der Waals surface area contributed by atoms with Gasteiger partial charge in [0, 0.05) is 11.6 Å². The van der Waals surface area contributed by atoms with E-state index in [4.69, 9.17) is 5.73 Å². The molecule has 1 aromatic heterocycles. The van der Waals surface area contributed by atoms with E-state index in [-0.39, 0.29) is 30.9 Å². The van der Waals surface area contributed by atoms with Gasteiger partial charge in [-0.05, 0) is 6.42 Å². The molecule has 0 aliphatic rings. The Bertz CT molecular complexity index is 167. The summed E-state index contributed by atoms with van der Waals surface area (Å²) in [5.74, 6) is 0. The van der Waals surface area contributed by atoms with E-state index in [9.17, 15) is 0 Å². The summed E-state index contributed by atoms with van der Waals surface area (Å²) >= 11 is 1.62. The van der Waals surface area contributed by atoms with Crippen molar-refractivity contribution in [2.45, 2.75) is 19.4 Å². The van der Waals surface area contributed by atoms with Crippen LogP contribution in [0.2, 0.25) is 0 Å². The second kappa shape index (κ2) is 6.85. The average Bonchev–Trinajstić information content (AvgIpc) is 2.37. The van der Waals surface area contributed by atoms with E-state index in [2.05, 4.69) is 11.9 Å². The molecule has 11 heavy (non-hydrogen) atoms. The van der Waals surface area contributed by atoms with Gasteiger partial charge in [-0.2, -0.15) is 0 Å². The summed E-state index contributed by atoms with van der Waals surface area (Å²) in [5, 5.41) is 2.99. The van der Waals surface area contributed by atoms with Crippen LogP contribution in [0.15, 0.2) is 11.6 Å². The molecule has 0 amide bonds. The fourth-order valence-electron chi connectivity index (χ4n) is 0.592. The molecule has 0 saturated heterocycles. The van der Waals surface area contributed by atoms with Crippen LogP contribution in [0.3, 0.4) is 0 Å². The number of hydrogen-bond donors (Lipinski definition) is 1. The molecule has 0 bridgehead atoms. The van der Waals surface area contributed by atoms with Gasteiger partial charge in [-0.15, -0.1) is 36.2 Å². The highest BCUT2D eigenvalue weighted by Crippen LogP contribution is 2.14. The van der Waals surface area contributed by atoms with Gasteiger partial charge in [0.1, 0.15) is 5.01 Å². The lowest BCUT2D eigenvalue weighted by Crippen LogP contribution is -2.07. The summed E-state index contributed by atoms with van der Waals surface area (Å²) in [7, 11) is 0. The minimum atomic E-state index is 0. The molecule has 2 nitrogen and oxygen atoms in total. The Balaban J connectivity index is 0. The monoisotopic (exact) mass is 214 g/mol. The topological polar surface area (TPSA) is 38.9 Å². The highest BCUT2D eigenvalue weighted by atomic mass is 35.5. The zero-order chi connectivity index (χ0) is 6.69. The summed E-state index contributed by atoms with van der Waals surface area (Å²) in [5.41, 5.74) is 5.69. The smallest absolute Gasteiger partial charge is 0.109 e. The lowest BCUT2D eigenvalue weighted by Gasteiger charge is -2.01. The van der Waals surface area contributed by atoms with Crippen LogP contribution in [-0.2, 0) is 0 Å². The Morgan fingerprint density at radius 2 is 2.27 bits per heavy atom. The minimum absolute atomic E-state index is 0. The molecule has 1 heterocycles. The maximum absolute atomic E-state index is 5.69. The maximum atomic E-state index is 5.69. The van der Waals surface area contributed by atoms with Crippen LogP contribution in [0.4, 0.5) is 0 Å². The van der Waals surface area contributed by atoms with Gasteiger partial charge in [-0.3, -0.25) is 0 Å². The molecule has 0 aromatic carbocycles. The lowest BCUT2D eigenvalue weighted by atomic mass is 10.3. The molecule has 5 heteroatoms. The molecule has 2 N–H and O–H groups in total. The van der Waals surface area contributed by atoms with Crippen molar-refractivity contribution in [3.05, 3.63) is 16.6 Å². The summed E-state index contributed by atoms with van der Waals surface area (Å²) in [6.07, 6.45) is 2.75. The van der Waals surface area contributed by atoms with Crippen molar-refractivity contribution in [1.29, 1.82) is 0 Å². The number of aromatic nitrogens is 1. The quantitative estimate of drug-likeness (QED) is 0.822. The van der Waals surface area contributed by atoms with E-state index in [1.54, 1.807) is 17.5 Å². The van der Waals surface area contributed by atoms with Crippen molar-refractivity contribution in [3.8, 4) is 0 Å². The van der Waals surface area contributed by atoms with Crippen LogP contribution in [0.25, 0.3) is 0 Å².